The number of nitrogens with zero attached hydrogens (tertiary/aromatic N) is 2. The Morgan fingerprint density at radius 3 is 2.41 bits per heavy atom. The number of phenolic OH excluding ortho intramolecular Hbond substituents is 1. The van der Waals surface area contributed by atoms with E-state index >= 15 is 0 Å². The van der Waals surface area contributed by atoms with Crippen molar-refractivity contribution in [1.29, 1.82) is 0 Å². The smallest absolute Gasteiger partial charge is 0.295 e. The summed E-state index contributed by atoms with van der Waals surface area (Å²) in [6.45, 7) is 0.154. The van der Waals surface area contributed by atoms with E-state index in [1.54, 1.807) is 54.9 Å². The van der Waals surface area contributed by atoms with Gasteiger partial charge in [0, 0.05) is 24.5 Å². The molecular weight excluding hydrogens is 476 g/mol. The summed E-state index contributed by atoms with van der Waals surface area (Å²) in [4.78, 5) is 31.5. The number of aromatic nitrogens is 1. The predicted octanol–water partition coefficient (Wildman–Crippen LogP) is 4.18. The van der Waals surface area contributed by atoms with Crippen molar-refractivity contribution in [1.82, 2.24) is 9.88 Å². The van der Waals surface area contributed by atoms with Gasteiger partial charge in [0.15, 0.2) is 0 Å². The molecule has 2 N–H and O–H groups in total. The van der Waals surface area contributed by atoms with Crippen molar-refractivity contribution in [2.75, 3.05) is 7.11 Å². The summed E-state index contributed by atoms with van der Waals surface area (Å²) in [5.74, 6) is -1.16. The van der Waals surface area contributed by atoms with Crippen LogP contribution in [0.25, 0.3) is 5.76 Å². The number of halogens is 1. The SMILES string of the molecule is COc1ccc(/C(O)=C2/C(=O)C(=O)N(Cc3ccncc3)C2c2ccc(O)cc2)cc1Br. The molecule has 2 aromatic carbocycles. The van der Waals surface area contributed by atoms with Crippen LogP contribution in [0.4, 0.5) is 0 Å². The number of benzene rings is 2. The lowest BCUT2D eigenvalue weighted by Crippen LogP contribution is -2.29. The highest BCUT2D eigenvalue weighted by Gasteiger charge is 2.46. The number of methoxy groups -OCH3 is 1. The number of likely N-dealkylation sites (tertiary alicyclic amines) is 1. The maximum atomic E-state index is 13.1. The molecule has 2 heterocycles. The molecule has 0 radical (unpaired) electrons. The lowest BCUT2D eigenvalue weighted by atomic mass is 9.95. The third-order valence-corrected chi connectivity index (χ3v) is 5.90. The van der Waals surface area contributed by atoms with Gasteiger partial charge in [-0.15, -0.1) is 0 Å². The first-order valence-corrected chi connectivity index (χ1v) is 10.5. The van der Waals surface area contributed by atoms with Crippen LogP contribution in [0.1, 0.15) is 22.7 Å². The van der Waals surface area contributed by atoms with Crippen LogP contribution in [0.15, 0.2) is 77.0 Å². The van der Waals surface area contributed by atoms with Gasteiger partial charge in [0.05, 0.1) is 23.2 Å². The van der Waals surface area contributed by atoms with Crippen LogP contribution in [0.3, 0.4) is 0 Å². The molecule has 1 aliphatic heterocycles. The largest absolute Gasteiger partial charge is 0.508 e. The summed E-state index contributed by atoms with van der Waals surface area (Å²) >= 11 is 3.38. The van der Waals surface area contributed by atoms with Gasteiger partial charge in [0.1, 0.15) is 17.3 Å². The molecule has 8 heteroatoms. The number of aliphatic hydroxyl groups is 1. The number of amides is 1. The maximum Gasteiger partial charge on any atom is 0.295 e. The van der Waals surface area contributed by atoms with Gasteiger partial charge >= 0.3 is 0 Å². The predicted molar refractivity (Wildman–Crippen MR) is 121 cm³/mol. The topological polar surface area (TPSA) is 100.0 Å². The number of rotatable bonds is 5. The lowest BCUT2D eigenvalue weighted by Gasteiger charge is -2.25. The molecule has 1 aliphatic rings. The van der Waals surface area contributed by atoms with Gasteiger partial charge in [-0.05, 0) is 69.5 Å². The zero-order valence-electron chi connectivity index (χ0n) is 17.0. The summed E-state index contributed by atoms with van der Waals surface area (Å²) in [6.07, 6.45) is 3.22. The highest BCUT2D eigenvalue weighted by Crippen LogP contribution is 2.41. The van der Waals surface area contributed by atoms with E-state index in [0.29, 0.717) is 21.3 Å². The molecule has 0 aliphatic carbocycles. The Bertz CT molecular complexity index is 1210. The Morgan fingerprint density at radius 2 is 1.78 bits per heavy atom. The first kappa shape index (κ1) is 21.6. The number of ketones is 1. The quantitative estimate of drug-likeness (QED) is 0.313. The van der Waals surface area contributed by atoms with Crippen LogP contribution in [0.5, 0.6) is 11.5 Å². The highest BCUT2D eigenvalue weighted by molar-refractivity contribution is 9.10. The minimum Gasteiger partial charge on any atom is -0.508 e. The minimum absolute atomic E-state index is 0.0215. The number of ether oxygens (including phenoxy) is 1. The number of hydrogen-bond acceptors (Lipinski definition) is 6. The normalized spacial score (nSPS) is 17.6. The van der Waals surface area contributed by atoms with Crippen molar-refractivity contribution < 1.29 is 24.5 Å². The van der Waals surface area contributed by atoms with Crippen LogP contribution >= 0.6 is 15.9 Å². The zero-order valence-corrected chi connectivity index (χ0v) is 18.6. The van der Waals surface area contributed by atoms with Gasteiger partial charge in [0.2, 0.25) is 0 Å². The Hall–Kier alpha value is -3.65. The van der Waals surface area contributed by atoms with E-state index in [4.69, 9.17) is 4.74 Å². The first-order chi connectivity index (χ1) is 15.4. The summed E-state index contributed by atoms with van der Waals surface area (Å²) < 4.78 is 5.82. The maximum absolute atomic E-state index is 13.1. The Balaban J connectivity index is 1.86. The first-order valence-electron chi connectivity index (χ1n) is 9.71. The van der Waals surface area contributed by atoms with E-state index in [2.05, 4.69) is 20.9 Å². The molecule has 0 saturated carbocycles. The van der Waals surface area contributed by atoms with Gasteiger partial charge in [-0.1, -0.05) is 12.1 Å². The van der Waals surface area contributed by atoms with E-state index in [-0.39, 0.29) is 23.6 Å². The Kier molecular flexibility index (Phi) is 5.96. The van der Waals surface area contributed by atoms with Crippen molar-refractivity contribution in [3.63, 3.8) is 0 Å². The van der Waals surface area contributed by atoms with Gasteiger partial charge in [-0.3, -0.25) is 14.6 Å². The van der Waals surface area contributed by atoms with Crippen molar-refractivity contribution in [3.05, 3.63) is 93.7 Å². The summed E-state index contributed by atoms with van der Waals surface area (Å²) in [5.41, 5.74) is 1.72. The lowest BCUT2D eigenvalue weighted by molar-refractivity contribution is -0.140. The molecular formula is C24H19BrN2O5. The second-order valence-corrected chi connectivity index (χ2v) is 8.08. The minimum atomic E-state index is -0.829. The van der Waals surface area contributed by atoms with Gasteiger partial charge in [0.25, 0.3) is 11.7 Å². The monoisotopic (exact) mass is 494 g/mol. The Labute approximate surface area is 192 Å². The van der Waals surface area contributed by atoms with E-state index in [1.807, 2.05) is 0 Å². The fourth-order valence-electron chi connectivity index (χ4n) is 3.70. The summed E-state index contributed by atoms with van der Waals surface area (Å²) in [6, 6.07) is 13.8. The molecule has 1 unspecified atom stereocenters. The summed E-state index contributed by atoms with van der Waals surface area (Å²) in [7, 11) is 1.52. The van der Waals surface area contributed by atoms with E-state index in [1.165, 1.54) is 24.1 Å². The Morgan fingerprint density at radius 1 is 1.09 bits per heavy atom. The highest BCUT2D eigenvalue weighted by atomic mass is 79.9. The number of aliphatic hydroxyl groups excluding tert-OH is 1. The molecule has 3 aromatic rings. The van der Waals surface area contributed by atoms with Crippen LogP contribution < -0.4 is 4.74 Å². The molecule has 1 saturated heterocycles. The second-order valence-electron chi connectivity index (χ2n) is 7.22. The van der Waals surface area contributed by atoms with Gasteiger partial charge in [-0.2, -0.15) is 0 Å². The molecule has 1 fully saturated rings. The van der Waals surface area contributed by atoms with Crippen molar-refractivity contribution in [2.24, 2.45) is 0 Å². The molecule has 0 bridgehead atoms. The molecule has 32 heavy (non-hydrogen) atoms. The number of carbonyl (C=O) groups is 2. The second kappa shape index (κ2) is 8.84. The molecule has 1 atom stereocenters. The van der Waals surface area contributed by atoms with Gasteiger partial charge in [-0.25, -0.2) is 0 Å². The fraction of sp³-hybridized carbons (Fsp3) is 0.125. The number of carbonyl (C=O) groups excluding carboxylic acids is 2. The van der Waals surface area contributed by atoms with Crippen molar-refractivity contribution in [3.8, 4) is 11.5 Å². The molecule has 1 aromatic heterocycles. The van der Waals surface area contributed by atoms with E-state index < -0.39 is 17.7 Å². The zero-order chi connectivity index (χ0) is 22.8. The van der Waals surface area contributed by atoms with Crippen molar-refractivity contribution in [2.45, 2.75) is 12.6 Å². The van der Waals surface area contributed by atoms with Crippen LogP contribution in [0, 0.1) is 0 Å². The van der Waals surface area contributed by atoms with Crippen LogP contribution in [-0.2, 0) is 16.1 Å². The van der Waals surface area contributed by atoms with E-state index in [0.717, 1.165) is 5.56 Å². The molecule has 7 nitrogen and oxygen atoms in total. The number of pyridine rings is 1. The number of phenols is 1. The summed E-state index contributed by atoms with van der Waals surface area (Å²) in [5, 5.41) is 20.8. The average molecular weight is 495 g/mol. The third kappa shape index (κ3) is 3.97. The molecule has 162 valence electrons. The van der Waals surface area contributed by atoms with Crippen LogP contribution in [0.2, 0.25) is 0 Å². The number of aromatic hydroxyl groups is 1. The standard InChI is InChI=1S/C24H19BrN2O5/c1-32-19-7-4-16(12-18(19)25)22(29)20-21(15-2-5-17(28)6-3-15)27(24(31)23(20)30)13-14-8-10-26-11-9-14/h2-12,21,28-29H,13H2,1H3/b22-20-. The van der Waals surface area contributed by atoms with E-state index in [9.17, 15) is 19.8 Å². The van der Waals surface area contributed by atoms with Crippen LogP contribution in [-0.4, -0.2) is 38.9 Å². The number of hydrogen-bond donors (Lipinski definition) is 2. The fourth-order valence-corrected chi connectivity index (χ4v) is 4.24. The average Bonchev–Trinajstić information content (AvgIpc) is 3.04. The van der Waals surface area contributed by atoms with Gasteiger partial charge < -0.3 is 19.8 Å². The molecule has 1 amide bonds. The molecule has 0 spiro atoms. The molecule has 4 rings (SSSR count). The number of Topliss-reactive ketones (excluding diaryl/α,β-unsaturated/α-hetero) is 1. The van der Waals surface area contributed by atoms with Crippen molar-refractivity contribution >= 4 is 33.4 Å². The third-order valence-electron chi connectivity index (χ3n) is 5.28.